The summed E-state index contributed by atoms with van der Waals surface area (Å²) in [5.74, 6) is 4.76. The zero-order chi connectivity index (χ0) is 11.1. The zero-order valence-electron chi connectivity index (χ0n) is 10.8. The zero-order valence-corrected chi connectivity index (χ0v) is 12.5. The minimum Gasteiger partial charge on any atom is -0.316 e. The van der Waals surface area contributed by atoms with Gasteiger partial charge in [-0.05, 0) is 31.2 Å². The quantitative estimate of drug-likeness (QED) is 0.900. The van der Waals surface area contributed by atoms with Crippen LogP contribution in [0.25, 0.3) is 0 Å². The number of halogens is 2. The highest BCUT2D eigenvalue weighted by molar-refractivity contribution is 5.85. The molecule has 0 spiro atoms. The Morgan fingerprint density at radius 1 is 1.17 bits per heavy atom. The molecule has 4 nitrogen and oxygen atoms in total. The van der Waals surface area contributed by atoms with Crippen molar-refractivity contribution in [2.75, 3.05) is 13.1 Å². The van der Waals surface area contributed by atoms with Crippen LogP contribution in [0.15, 0.2) is 0 Å². The van der Waals surface area contributed by atoms with Gasteiger partial charge in [-0.1, -0.05) is 13.8 Å². The summed E-state index contributed by atoms with van der Waals surface area (Å²) in [4.78, 5) is 4.65. The highest BCUT2D eigenvalue weighted by Gasteiger charge is 2.41. The summed E-state index contributed by atoms with van der Waals surface area (Å²) in [7, 11) is 0. The summed E-state index contributed by atoms with van der Waals surface area (Å²) in [6, 6.07) is 0. The molecule has 1 aromatic rings. The minimum atomic E-state index is 0. The number of H-pyrrole nitrogens is 1. The van der Waals surface area contributed by atoms with Crippen LogP contribution in [0.5, 0.6) is 0 Å². The first-order valence-corrected chi connectivity index (χ1v) is 6.38. The summed E-state index contributed by atoms with van der Waals surface area (Å²) < 4.78 is 0. The van der Waals surface area contributed by atoms with E-state index in [0.29, 0.717) is 11.8 Å². The summed E-state index contributed by atoms with van der Waals surface area (Å²) in [5, 5.41) is 10.9. The normalized spacial score (nSPS) is 26.8. The first-order chi connectivity index (χ1) is 7.75. The third-order valence-electron chi connectivity index (χ3n) is 3.88. The van der Waals surface area contributed by atoms with Crippen LogP contribution < -0.4 is 5.32 Å². The first-order valence-electron chi connectivity index (χ1n) is 6.38. The van der Waals surface area contributed by atoms with Crippen molar-refractivity contribution in [1.82, 2.24) is 20.5 Å². The van der Waals surface area contributed by atoms with Crippen molar-refractivity contribution in [1.29, 1.82) is 0 Å². The van der Waals surface area contributed by atoms with E-state index in [1.807, 2.05) is 0 Å². The molecular weight excluding hydrogens is 271 g/mol. The van der Waals surface area contributed by atoms with Crippen LogP contribution in [-0.4, -0.2) is 28.3 Å². The molecule has 1 aliphatic heterocycles. The highest BCUT2D eigenvalue weighted by Crippen LogP contribution is 2.44. The van der Waals surface area contributed by atoms with Crippen LogP contribution in [0, 0.1) is 11.8 Å². The maximum absolute atomic E-state index is 4.65. The predicted molar refractivity (Wildman–Crippen MR) is 76.8 cm³/mol. The highest BCUT2D eigenvalue weighted by atomic mass is 35.5. The largest absolute Gasteiger partial charge is 0.316 e. The molecule has 18 heavy (non-hydrogen) atoms. The molecule has 1 aromatic heterocycles. The van der Waals surface area contributed by atoms with Gasteiger partial charge in [0.05, 0.1) is 0 Å². The predicted octanol–water partition coefficient (Wildman–Crippen LogP) is 2.48. The summed E-state index contributed by atoms with van der Waals surface area (Å²) in [6.07, 6.45) is 2.82. The smallest absolute Gasteiger partial charge is 0.153 e. The van der Waals surface area contributed by atoms with Crippen LogP contribution in [0.1, 0.15) is 50.2 Å². The van der Waals surface area contributed by atoms with Gasteiger partial charge in [-0.25, -0.2) is 4.98 Å². The number of hydrogen-bond acceptors (Lipinski definition) is 3. The molecule has 104 valence electrons. The van der Waals surface area contributed by atoms with Crippen LogP contribution in [0.3, 0.4) is 0 Å². The molecule has 0 unspecified atom stereocenters. The van der Waals surface area contributed by atoms with Crippen molar-refractivity contribution < 1.29 is 0 Å². The maximum atomic E-state index is 4.65. The minimum absolute atomic E-state index is 0. The van der Waals surface area contributed by atoms with E-state index in [4.69, 9.17) is 0 Å². The van der Waals surface area contributed by atoms with Crippen molar-refractivity contribution in [2.24, 2.45) is 11.8 Å². The van der Waals surface area contributed by atoms with Crippen molar-refractivity contribution in [2.45, 2.75) is 38.5 Å². The second-order valence-electron chi connectivity index (χ2n) is 5.50. The van der Waals surface area contributed by atoms with Crippen molar-refractivity contribution in [3.63, 3.8) is 0 Å². The number of aromatic amines is 1. The molecule has 0 bridgehead atoms. The fourth-order valence-corrected chi connectivity index (χ4v) is 2.73. The second kappa shape index (κ2) is 6.22. The van der Waals surface area contributed by atoms with Crippen molar-refractivity contribution in [3.05, 3.63) is 11.6 Å². The van der Waals surface area contributed by atoms with Gasteiger partial charge >= 0.3 is 0 Å². The molecule has 2 heterocycles. The molecule has 0 aromatic carbocycles. The molecule has 1 saturated carbocycles. The maximum Gasteiger partial charge on any atom is 0.153 e. The molecule has 6 heteroatoms. The van der Waals surface area contributed by atoms with Crippen LogP contribution in [-0.2, 0) is 0 Å². The Hall–Kier alpha value is -0.320. The van der Waals surface area contributed by atoms with Gasteiger partial charge in [-0.15, -0.1) is 24.8 Å². The number of nitrogens with one attached hydrogen (secondary N) is 2. The van der Waals surface area contributed by atoms with E-state index in [1.165, 1.54) is 12.8 Å². The summed E-state index contributed by atoms with van der Waals surface area (Å²) in [5.41, 5.74) is 0. The van der Waals surface area contributed by atoms with Gasteiger partial charge in [-0.2, -0.15) is 5.10 Å². The van der Waals surface area contributed by atoms with Gasteiger partial charge in [-0.3, -0.25) is 5.10 Å². The van der Waals surface area contributed by atoms with Gasteiger partial charge in [0.25, 0.3) is 0 Å². The van der Waals surface area contributed by atoms with Crippen molar-refractivity contribution in [3.8, 4) is 0 Å². The molecule has 0 amide bonds. The van der Waals surface area contributed by atoms with Crippen LogP contribution in [0.2, 0.25) is 0 Å². The Morgan fingerprint density at radius 3 is 2.44 bits per heavy atom. The molecular formula is C12H22Cl2N4. The van der Waals surface area contributed by atoms with Crippen molar-refractivity contribution >= 4 is 24.8 Å². The van der Waals surface area contributed by atoms with Gasteiger partial charge < -0.3 is 5.32 Å². The van der Waals surface area contributed by atoms with E-state index in [2.05, 4.69) is 34.3 Å². The Balaban J connectivity index is 0.000000810. The Labute approximate surface area is 121 Å². The standard InChI is InChI=1S/C12H20N4.2ClH/c1-7(2)11-14-12(16-15-11)10-6-13-5-9(10)8-3-4-8;;/h7-10,13H,3-6H2,1-2H3,(H,14,15,16);2*1H/t9-,10+;;/m0../s1. The fourth-order valence-electron chi connectivity index (χ4n) is 2.73. The Bertz CT molecular complexity index is 376. The molecule has 0 radical (unpaired) electrons. The van der Waals surface area contributed by atoms with Crippen LogP contribution in [0.4, 0.5) is 0 Å². The number of rotatable bonds is 3. The third kappa shape index (κ3) is 2.98. The SMILES string of the molecule is CC(C)c1n[nH]c([C@@H]2CNC[C@H]2C2CC2)n1.Cl.Cl. The average Bonchev–Trinajstić information content (AvgIpc) is 2.83. The number of aromatic nitrogens is 3. The average molecular weight is 293 g/mol. The third-order valence-corrected chi connectivity index (χ3v) is 3.88. The first kappa shape index (κ1) is 15.7. The van der Waals surface area contributed by atoms with Gasteiger partial charge in [0.15, 0.2) is 5.82 Å². The number of nitrogens with zero attached hydrogens (tertiary/aromatic N) is 2. The van der Waals surface area contributed by atoms with Gasteiger partial charge in [0, 0.05) is 18.4 Å². The summed E-state index contributed by atoms with van der Waals surface area (Å²) in [6.45, 7) is 6.50. The Morgan fingerprint density at radius 2 is 1.89 bits per heavy atom. The molecule has 1 saturated heterocycles. The van der Waals surface area contributed by atoms with E-state index in [1.54, 1.807) is 0 Å². The van der Waals surface area contributed by atoms with Crippen LogP contribution >= 0.6 is 24.8 Å². The van der Waals surface area contributed by atoms with E-state index in [-0.39, 0.29) is 24.8 Å². The fraction of sp³-hybridized carbons (Fsp3) is 0.833. The number of hydrogen-bond donors (Lipinski definition) is 2. The molecule has 1 aliphatic carbocycles. The van der Waals surface area contributed by atoms with E-state index >= 15 is 0 Å². The van der Waals surface area contributed by atoms with Gasteiger partial charge in [0.2, 0.25) is 0 Å². The lowest BCUT2D eigenvalue weighted by Crippen LogP contribution is -2.14. The molecule has 2 N–H and O–H groups in total. The summed E-state index contributed by atoms with van der Waals surface area (Å²) >= 11 is 0. The van der Waals surface area contributed by atoms with E-state index < -0.39 is 0 Å². The molecule has 2 atom stereocenters. The lowest BCUT2D eigenvalue weighted by atomic mass is 9.91. The monoisotopic (exact) mass is 292 g/mol. The Kier molecular flexibility index (Phi) is 5.44. The molecule has 2 fully saturated rings. The lowest BCUT2D eigenvalue weighted by Gasteiger charge is -2.14. The molecule has 3 rings (SSSR count). The van der Waals surface area contributed by atoms with E-state index in [9.17, 15) is 0 Å². The van der Waals surface area contributed by atoms with E-state index in [0.717, 1.165) is 36.6 Å². The topological polar surface area (TPSA) is 53.6 Å². The van der Waals surface area contributed by atoms with Gasteiger partial charge in [0.1, 0.15) is 5.82 Å². The second-order valence-corrected chi connectivity index (χ2v) is 5.50. The lowest BCUT2D eigenvalue weighted by molar-refractivity contribution is 0.443. The molecule has 2 aliphatic rings.